The van der Waals surface area contributed by atoms with Crippen molar-refractivity contribution in [1.29, 1.82) is 0 Å². The number of hydrogen-bond acceptors (Lipinski definition) is 3. The molecule has 0 unspecified atom stereocenters. The van der Waals surface area contributed by atoms with Gasteiger partial charge in [-0.25, -0.2) is 0 Å². The Kier molecular flexibility index (Phi) is 9.47. The van der Waals surface area contributed by atoms with Gasteiger partial charge in [0.1, 0.15) is 5.58 Å². The predicted molar refractivity (Wildman–Crippen MR) is 247 cm³/mol. The first-order chi connectivity index (χ1) is 30.1. The van der Waals surface area contributed by atoms with E-state index in [0.29, 0.717) is 5.56 Å². The summed E-state index contributed by atoms with van der Waals surface area (Å²) in [5, 5.41) is 9.96. The summed E-state index contributed by atoms with van der Waals surface area (Å²) in [5.74, 6) is 1.35. The van der Waals surface area contributed by atoms with Crippen LogP contribution in [0, 0.1) is 19.0 Å². The van der Waals surface area contributed by atoms with Crippen LogP contribution >= 0.6 is 0 Å². The van der Waals surface area contributed by atoms with Crippen LogP contribution in [0.2, 0.25) is 0 Å². The van der Waals surface area contributed by atoms with Crippen LogP contribution < -0.4 is 0 Å². The molecule has 0 saturated heterocycles. The van der Waals surface area contributed by atoms with Crippen molar-refractivity contribution >= 4 is 65.3 Å². The molecule has 0 amide bonds. The maximum absolute atomic E-state index is 7.25. The zero-order chi connectivity index (χ0) is 42.7. The third kappa shape index (κ3) is 6.59. The molecule has 3 heterocycles. The number of hydrogen-bond donors (Lipinski definition) is 0. The Morgan fingerprint density at radius 3 is 2.03 bits per heavy atom. The Hall–Kier alpha value is -6.39. The van der Waals surface area contributed by atoms with Gasteiger partial charge in [0, 0.05) is 41.5 Å². The molecule has 8 aromatic carbocycles. The van der Waals surface area contributed by atoms with Crippen molar-refractivity contribution in [3.8, 4) is 28.3 Å². The maximum Gasteiger partial charge on any atom is 0.120 e. The van der Waals surface area contributed by atoms with Crippen LogP contribution in [-0.2, 0) is 20.1 Å². The molecule has 0 aliphatic carbocycles. The van der Waals surface area contributed by atoms with Gasteiger partial charge >= 0.3 is 0 Å². The summed E-state index contributed by atoms with van der Waals surface area (Å²) >= 11 is 0. The van der Waals surface area contributed by atoms with Crippen molar-refractivity contribution in [2.24, 2.45) is 0 Å². The van der Waals surface area contributed by atoms with Crippen LogP contribution in [0.25, 0.3) is 93.6 Å². The van der Waals surface area contributed by atoms with Gasteiger partial charge < -0.3 is 14.0 Å². The second-order valence-electron chi connectivity index (χ2n) is 15.7. The molecular weight excluding hydrogens is 911 g/mol. The molecule has 0 N–H and O–H groups in total. The van der Waals surface area contributed by atoms with E-state index in [9.17, 15) is 0 Å². The first-order valence-electron chi connectivity index (χ1n) is 21.7. The quantitative estimate of drug-likeness (QED) is 0.128. The molecular formula is C55H43IrN3O-2. The van der Waals surface area contributed by atoms with Gasteiger partial charge in [-0.3, -0.25) is 4.98 Å². The molecule has 0 atom stereocenters. The fraction of sp³-hybridized carbons (Fsp3) is 0.127. The van der Waals surface area contributed by atoms with Crippen molar-refractivity contribution in [3.63, 3.8) is 0 Å². The Morgan fingerprint density at radius 2 is 1.33 bits per heavy atom. The maximum atomic E-state index is 7.25. The molecule has 0 fully saturated rings. The number of aromatic nitrogens is 3. The first kappa shape index (κ1) is 35.5. The van der Waals surface area contributed by atoms with E-state index in [1.807, 2.05) is 36.4 Å². The topological polar surface area (TPSA) is 43.9 Å². The molecule has 11 rings (SSSR count). The van der Waals surface area contributed by atoms with Gasteiger partial charge in [-0.2, -0.15) is 0 Å². The van der Waals surface area contributed by atoms with Crippen LogP contribution in [0.1, 0.15) is 60.3 Å². The van der Waals surface area contributed by atoms with Gasteiger partial charge in [-0.15, -0.1) is 53.6 Å². The number of benzene rings is 8. The van der Waals surface area contributed by atoms with Crippen LogP contribution in [0.3, 0.4) is 0 Å². The number of para-hydroxylation sites is 3. The molecule has 295 valence electrons. The number of pyridine rings is 1. The molecule has 1 radical (unpaired) electrons. The average molecular weight is 957 g/mol. The van der Waals surface area contributed by atoms with E-state index in [2.05, 4.69) is 146 Å². The van der Waals surface area contributed by atoms with Crippen LogP contribution in [0.4, 0.5) is 0 Å². The standard InChI is InChI=1S/C43H33N2O.C12H10N.Ir/c1-25(2)34-24-35-29-16-6-5-14-27(29)28-15-7-8-18-31(28)40(35)39(26(3)4)41(34)45-37-22-11-10-21-36(37)44-43(45)33-20-13-19-32-30-17-9-12-23-38(30)46-42(32)33;1-10-5-7-11(8-6-10)12-4-2-3-9-13-12;/h5-19,21-26H,1-4H3;2-7,9H,1H3;/q2*-1;/i;1D3;. The van der Waals surface area contributed by atoms with E-state index in [4.69, 9.17) is 13.5 Å². The summed E-state index contributed by atoms with van der Waals surface area (Å²) in [6.07, 6.45) is 1.70. The van der Waals surface area contributed by atoms with Crippen molar-refractivity contribution in [3.05, 3.63) is 187 Å². The minimum Gasteiger partial charge on any atom is -0.501 e. The molecule has 11 aromatic rings. The molecule has 60 heavy (non-hydrogen) atoms. The van der Waals surface area contributed by atoms with Gasteiger partial charge in [0.05, 0.1) is 22.4 Å². The van der Waals surface area contributed by atoms with E-state index in [1.165, 1.54) is 55.2 Å². The van der Waals surface area contributed by atoms with Crippen molar-refractivity contribution < 1.29 is 28.6 Å². The molecule has 0 spiro atoms. The van der Waals surface area contributed by atoms with Crippen molar-refractivity contribution in [1.82, 2.24) is 14.5 Å². The zero-order valence-electron chi connectivity index (χ0n) is 36.7. The van der Waals surface area contributed by atoms with Crippen LogP contribution in [0.15, 0.2) is 162 Å². The third-order valence-corrected chi connectivity index (χ3v) is 11.4. The van der Waals surface area contributed by atoms with Gasteiger partial charge in [-0.1, -0.05) is 136 Å². The SMILES string of the molecule is CC(C)c1cc2c3ccccc3c3ccccc3c2c(C(C)C)c1-n1c(-c2[c-]ccc3c2oc2ccccc23)nc2ccccc21.[2H]C([2H])([2H])c1c[c-]c(-c2ccccn2)cc1.[Ir]. The van der Waals surface area contributed by atoms with Gasteiger partial charge in [0.15, 0.2) is 0 Å². The summed E-state index contributed by atoms with van der Waals surface area (Å²) in [5.41, 5.74) is 10.3. The van der Waals surface area contributed by atoms with E-state index < -0.39 is 6.85 Å². The molecule has 5 heteroatoms. The van der Waals surface area contributed by atoms with Crippen LogP contribution in [0.5, 0.6) is 0 Å². The second-order valence-corrected chi connectivity index (χ2v) is 15.7. The summed E-state index contributed by atoms with van der Waals surface area (Å²) < 4.78 is 30.7. The van der Waals surface area contributed by atoms with E-state index in [0.717, 1.165) is 55.6 Å². The smallest absolute Gasteiger partial charge is 0.120 e. The van der Waals surface area contributed by atoms with Gasteiger partial charge in [-0.05, 0) is 91.3 Å². The summed E-state index contributed by atoms with van der Waals surface area (Å²) in [6, 6.07) is 58.0. The van der Waals surface area contributed by atoms with E-state index in [1.54, 1.807) is 18.3 Å². The van der Waals surface area contributed by atoms with E-state index in [-0.39, 0.29) is 31.9 Å². The van der Waals surface area contributed by atoms with Gasteiger partial charge in [0.25, 0.3) is 0 Å². The Bertz CT molecular complexity index is 3460. The second kappa shape index (κ2) is 16.0. The fourth-order valence-electron chi connectivity index (χ4n) is 8.74. The summed E-state index contributed by atoms with van der Waals surface area (Å²) in [4.78, 5) is 9.51. The number of imidazole rings is 1. The predicted octanol–water partition coefficient (Wildman–Crippen LogP) is 15.0. The van der Waals surface area contributed by atoms with E-state index >= 15 is 0 Å². The summed E-state index contributed by atoms with van der Waals surface area (Å²) in [7, 11) is 0. The largest absolute Gasteiger partial charge is 0.501 e. The Morgan fingerprint density at radius 1 is 0.650 bits per heavy atom. The summed E-state index contributed by atoms with van der Waals surface area (Å²) in [6.45, 7) is 7.21. The monoisotopic (exact) mass is 957 g/mol. The first-order valence-corrected chi connectivity index (χ1v) is 20.2. The minimum absolute atomic E-state index is 0. The molecule has 0 bridgehead atoms. The molecule has 4 nitrogen and oxygen atoms in total. The van der Waals surface area contributed by atoms with Crippen molar-refractivity contribution in [2.75, 3.05) is 0 Å². The fourth-order valence-corrected chi connectivity index (χ4v) is 8.74. The van der Waals surface area contributed by atoms with Crippen molar-refractivity contribution in [2.45, 2.75) is 46.4 Å². The average Bonchev–Trinajstić information content (AvgIpc) is 3.87. The molecule has 0 saturated carbocycles. The Balaban J connectivity index is 0.000000251. The number of furan rings is 1. The van der Waals surface area contributed by atoms with Gasteiger partial charge in [0.2, 0.25) is 0 Å². The minimum atomic E-state index is -2.07. The Labute approximate surface area is 368 Å². The zero-order valence-corrected chi connectivity index (χ0v) is 36.1. The normalized spacial score (nSPS) is 12.5. The third-order valence-electron chi connectivity index (χ3n) is 11.4. The number of nitrogens with zero attached hydrogens (tertiary/aromatic N) is 3. The number of aryl methyl sites for hydroxylation is 1. The molecule has 3 aromatic heterocycles. The molecule has 0 aliphatic heterocycles. The number of fused-ring (bicyclic) bond motifs is 10. The van der Waals surface area contributed by atoms with Crippen LogP contribution in [-0.4, -0.2) is 14.5 Å². The number of rotatable bonds is 5. The molecule has 0 aliphatic rings.